The number of hydrazone groups is 1. The number of benzene rings is 5. The van der Waals surface area contributed by atoms with Crippen molar-refractivity contribution in [1.82, 2.24) is 10.3 Å². The minimum Gasteiger partial charge on any atom is -0.508 e. The zero-order valence-electron chi connectivity index (χ0n) is 27.2. The maximum atomic E-state index is 14.4. The highest BCUT2D eigenvalue weighted by Crippen LogP contribution is 2.31. The zero-order chi connectivity index (χ0) is 34.0. The zero-order valence-corrected chi connectivity index (χ0v) is 27.2. The standard InChI is InChI=1S/C41H39N5O3/c42-25-7-8-26-46-41(49)45(29-32-13-18-34(19-14-32)33-11-5-2-6-12-33)39-27-35(40(48)43-28-31-9-3-1-4-10-31)20-23-37(39)38(44-46)24-17-30-15-21-36(47)22-16-30/h1-6,9-24,27,47H,7-8,25-26,28-29,42H2,(H,43,48)/b24-17+. The highest BCUT2D eigenvalue weighted by atomic mass is 16.3. The summed E-state index contributed by atoms with van der Waals surface area (Å²) in [5, 5.41) is 19.2. The van der Waals surface area contributed by atoms with Crippen molar-refractivity contribution in [2.24, 2.45) is 10.8 Å². The van der Waals surface area contributed by atoms with Crippen molar-refractivity contribution in [3.63, 3.8) is 0 Å². The Labute approximate surface area is 286 Å². The van der Waals surface area contributed by atoms with Crippen molar-refractivity contribution in [3.8, 4) is 16.9 Å². The smallest absolute Gasteiger partial charge is 0.345 e. The number of phenols is 1. The Morgan fingerprint density at radius 3 is 2.18 bits per heavy atom. The first-order valence-electron chi connectivity index (χ1n) is 16.4. The van der Waals surface area contributed by atoms with Crippen LogP contribution >= 0.6 is 0 Å². The Morgan fingerprint density at radius 1 is 0.776 bits per heavy atom. The van der Waals surface area contributed by atoms with E-state index in [1.165, 1.54) is 5.01 Å². The Morgan fingerprint density at radius 2 is 1.47 bits per heavy atom. The average Bonchev–Trinajstić information content (AvgIpc) is 3.25. The number of rotatable bonds is 12. The fourth-order valence-electron chi connectivity index (χ4n) is 5.67. The Hall–Kier alpha value is -5.99. The number of amides is 3. The highest BCUT2D eigenvalue weighted by molar-refractivity contribution is 6.17. The van der Waals surface area contributed by atoms with Gasteiger partial charge in [0.05, 0.1) is 17.9 Å². The third kappa shape index (κ3) is 8.30. The summed E-state index contributed by atoms with van der Waals surface area (Å²) in [4.78, 5) is 29.6. The molecule has 8 heteroatoms. The molecule has 0 atom stereocenters. The van der Waals surface area contributed by atoms with E-state index in [4.69, 9.17) is 10.8 Å². The fraction of sp³-hybridized carbons (Fsp3) is 0.146. The maximum Gasteiger partial charge on any atom is 0.345 e. The number of nitrogens with two attached hydrogens (primary N) is 1. The lowest BCUT2D eigenvalue weighted by molar-refractivity contribution is 0.0951. The predicted molar refractivity (Wildman–Crippen MR) is 196 cm³/mol. The molecule has 0 fully saturated rings. The van der Waals surface area contributed by atoms with Gasteiger partial charge in [-0.05, 0) is 83.6 Å². The van der Waals surface area contributed by atoms with Crippen molar-refractivity contribution in [2.45, 2.75) is 25.9 Å². The molecule has 1 aliphatic heterocycles. The largest absolute Gasteiger partial charge is 0.508 e. The summed E-state index contributed by atoms with van der Waals surface area (Å²) >= 11 is 0. The number of aromatic hydroxyl groups is 1. The summed E-state index contributed by atoms with van der Waals surface area (Å²) in [6, 6.07) is 40.0. The molecule has 0 saturated heterocycles. The van der Waals surface area contributed by atoms with Gasteiger partial charge in [-0.25, -0.2) is 9.80 Å². The van der Waals surface area contributed by atoms with Gasteiger partial charge in [0.2, 0.25) is 0 Å². The minimum atomic E-state index is -0.291. The lowest BCUT2D eigenvalue weighted by atomic mass is 10.0. The van der Waals surface area contributed by atoms with Crippen LogP contribution < -0.4 is 16.0 Å². The van der Waals surface area contributed by atoms with Crippen LogP contribution in [0.5, 0.6) is 5.75 Å². The molecule has 5 aromatic rings. The number of phenolic OH excluding ortho intramolecular Hbond substituents is 1. The molecule has 8 nitrogen and oxygen atoms in total. The van der Waals surface area contributed by atoms with Gasteiger partial charge in [-0.2, -0.15) is 5.10 Å². The molecule has 0 bridgehead atoms. The molecule has 0 aromatic heterocycles. The molecular formula is C41H39N5O3. The summed E-state index contributed by atoms with van der Waals surface area (Å²) in [5.41, 5.74) is 13.1. The molecule has 3 amide bonds. The van der Waals surface area contributed by atoms with Gasteiger partial charge in [0, 0.05) is 24.2 Å². The highest BCUT2D eigenvalue weighted by Gasteiger charge is 2.30. The van der Waals surface area contributed by atoms with Crippen molar-refractivity contribution in [1.29, 1.82) is 0 Å². The number of hydrogen-bond donors (Lipinski definition) is 3. The topological polar surface area (TPSA) is 111 Å². The Balaban J connectivity index is 1.38. The van der Waals surface area contributed by atoms with Gasteiger partial charge in [0.15, 0.2) is 0 Å². The molecule has 5 aromatic carbocycles. The van der Waals surface area contributed by atoms with E-state index in [0.29, 0.717) is 48.6 Å². The van der Waals surface area contributed by atoms with Crippen LogP contribution in [0, 0.1) is 0 Å². The molecule has 0 aliphatic carbocycles. The van der Waals surface area contributed by atoms with Crippen LogP contribution in [0.25, 0.3) is 17.2 Å². The van der Waals surface area contributed by atoms with E-state index in [9.17, 15) is 14.7 Å². The van der Waals surface area contributed by atoms with Crippen LogP contribution in [0.2, 0.25) is 0 Å². The molecule has 0 unspecified atom stereocenters. The van der Waals surface area contributed by atoms with E-state index in [2.05, 4.69) is 29.6 Å². The molecule has 246 valence electrons. The lowest BCUT2D eigenvalue weighted by Crippen LogP contribution is -2.40. The number of urea groups is 1. The van der Waals surface area contributed by atoms with Crippen molar-refractivity contribution < 1.29 is 14.7 Å². The number of nitrogens with one attached hydrogen (secondary N) is 1. The summed E-state index contributed by atoms with van der Waals surface area (Å²) in [6.07, 6.45) is 5.19. The van der Waals surface area contributed by atoms with Gasteiger partial charge in [0.1, 0.15) is 5.75 Å². The Bertz CT molecular complexity index is 1940. The fourth-order valence-corrected chi connectivity index (χ4v) is 5.67. The maximum absolute atomic E-state index is 14.4. The first-order valence-corrected chi connectivity index (χ1v) is 16.4. The molecule has 4 N–H and O–H groups in total. The van der Waals surface area contributed by atoms with E-state index in [-0.39, 0.29) is 24.2 Å². The summed E-state index contributed by atoms with van der Waals surface area (Å²) < 4.78 is 0. The molecule has 49 heavy (non-hydrogen) atoms. The monoisotopic (exact) mass is 649 g/mol. The second-order valence-electron chi connectivity index (χ2n) is 11.9. The number of hydrogen-bond acceptors (Lipinski definition) is 5. The second kappa shape index (κ2) is 15.7. The molecule has 0 saturated carbocycles. The minimum absolute atomic E-state index is 0.177. The molecule has 1 aliphatic rings. The van der Waals surface area contributed by atoms with Gasteiger partial charge in [-0.3, -0.25) is 9.69 Å². The van der Waals surface area contributed by atoms with E-state index in [1.54, 1.807) is 41.3 Å². The van der Waals surface area contributed by atoms with Gasteiger partial charge >= 0.3 is 6.03 Å². The molecular weight excluding hydrogens is 610 g/mol. The van der Waals surface area contributed by atoms with Crippen LogP contribution in [0.1, 0.15) is 45.5 Å². The predicted octanol–water partition coefficient (Wildman–Crippen LogP) is 7.59. The van der Waals surface area contributed by atoms with Crippen LogP contribution in [0.4, 0.5) is 10.5 Å². The van der Waals surface area contributed by atoms with Gasteiger partial charge in [-0.15, -0.1) is 0 Å². The third-order valence-electron chi connectivity index (χ3n) is 8.36. The van der Waals surface area contributed by atoms with Crippen molar-refractivity contribution in [2.75, 3.05) is 18.0 Å². The van der Waals surface area contributed by atoms with Crippen LogP contribution in [-0.2, 0) is 13.1 Å². The Kier molecular flexibility index (Phi) is 10.6. The molecule has 1 heterocycles. The number of carbonyl (C=O) groups is 2. The third-order valence-corrected chi connectivity index (χ3v) is 8.36. The van der Waals surface area contributed by atoms with Crippen molar-refractivity contribution in [3.05, 3.63) is 161 Å². The van der Waals surface area contributed by atoms with Crippen LogP contribution in [-0.4, -0.2) is 40.9 Å². The quantitative estimate of drug-likeness (QED) is 0.121. The van der Waals surface area contributed by atoms with Gasteiger partial charge in [-0.1, -0.05) is 103 Å². The molecule has 6 rings (SSSR count). The lowest BCUT2D eigenvalue weighted by Gasteiger charge is -2.27. The number of carbonyl (C=O) groups excluding carboxylic acids is 2. The normalized spacial score (nSPS) is 12.8. The van der Waals surface area contributed by atoms with E-state index < -0.39 is 0 Å². The number of fused-ring (bicyclic) bond motifs is 1. The van der Waals surface area contributed by atoms with Crippen molar-refractivity contribution >= 4 is 29.4 Å². The number of nitrogens with zero attached hydrogens (tertiary/aromatic N) is 3. The first-order chi connectivity index (χ1) is 24.0. The number of allylic oxidation sites excluding steroid dienone is 1. The first kappa shape index (κ1) is 32.9. The second-order valence-corrected chi connectivity index (χ2v) is 11.9. The molecule has 0 spiro atoms. The van der Waals surface area contributed by atoms with Gasteiger partial charge < -0.3 is 16.2 Å². The molecule has 0 radical (unpaired) electrons. The number of anilines is 1. The summed E-state index contributed by atoms with van der Waals surface area (Å²) in [6.45, 7) is 1.55. The summed E-state index contributed by atoms with van der Waals surface area (Å²) in [7, 11) is 0. The average molecular weight is 650 g/mol. The van der Waals surface area contributed by atoms with E-state index in [0.717, 1.165) is 34.2 Å². The SMILES string of the molecule is NCCCCN1N=C(/C=C/c2ccc(O)cc2)c2ccc(C(=O)NCc3ccccc3)cc2N(Cc2ccc(-c3ccccc3)cc2)C1=O. The van der Waals surface area contributed by atoms with E-state index >= 15 is 0 Å². The van der Waals surface area contributed by atoms with Crippen LogP contribution in [0.15, 0.2) is 139 Å². The summed E-state index contributed by atoms with van der Waals surface area (Å²) in [5.74, 6) is -0.0649. The number of unbranched alkanes of at least 4 members (excludes halogenated alkanes) is 1. The van der Waals surface area contributed by atoms with E-state index in [1.807, 2.05) is 78.9 Å². The van der Waals surface area contributed by atoms with Crippen LogP contribution in [0.3, 0.4) is 0 Å². The van der Waals surface area contributed by atoms with Gasteiger partial charge in [0.25, 0.3) is 5.91 Å².